The highest BCUT2D eigenvalue weighted by atomic mass is 16.5. The number of aliphatic hydroxyl groups excluding tert-OH is 1. The normalized spacial score (nSPS) is 22.2. The van der Waals surface area contributed by atoms with Crippen LogP contribution < -0.4 is 20.1 Å². The van der Waals surface area contributed by atoms with Gasteiger partial charge in [0.1, 0.15) is 17.4 Å². The maximum atomic E-state index is 14.2. The zero-order chi connectivity index (χ0) is 29.9. The number of unbranched alkanes of at least 4 members (excludes halogenated alkanes) is 1. The second kappa shape index (κ2) is 12.1. The van der Waals surface area contributed by atoms with E-state index in [2.05, 4.69) is 15.6 Å². The largest absolute Gasteiger partial charge is 0.497 e. The Kier molecular flexibility index (Phi) is 8.96. The lowest BCUT2D eigenvalue weighted by Gasteiger charge is -2.45. The van der Waals surface area contributed by atoms with E-state index in [1.54, 1.807) is 19.4 Å². The van der Waals surface area contributed by atoms with Crippen LogP contribution in [0.4, 0.5) is 4.79 Å². The summed E-state index contributed by atoms with van der Waals surface area (Å²) in [4.78, 5) is 45.1. The topological polar surface area (TPSA) is 150 Å². The van der Waals surface area contributed by atoms with Gasteiger partial charge in [0.15, 0.2) is 6.10 Å². The van der Waals surface area contributed by atoms with Gasteiger partial charge < -0.3 is 30.3 Å². The third kappa shape index (κ3) is 6.34. The van der Waals surface area contributed by atoms with Crippen molar-refractivity contribution in [3.8, 4) is 11.6 Å². The molecule has 1 aromatic carbocycles. The summed E-state index contributed by atoms with van der Waals surface area (Å²) >= 11 is 0. The van der Waals surface area contributed by atoms with Crippen molar-refractivity contribution >= 4 is 28.7 Å². The predicted octanol–water partition coefficient (Wildman–Crippen LogP) is 3.47. The van der Waals surface area contributed by atoms with E-state index in [0.717, 1.165) is 34.9 Å². The third-order valence-electron chi connectivity index (χ3n) is 8.19. The molecule has 0 bridgehead atoms. The molecule has 1 saturated carbocycles. The number of carbonyl (C=O) groups excluding carboxylic acids is 2. The number of benzene rings is 1. The van der Waals surface area contributed by atoms with Gasteiger partial charge in [0.25, 0.3) is 5.91 Å². The first-order chi connectivity index (χ1) is 19.4. The van der Waals surface area contributed by atoms with E-state index in [4.69, 9.17) is 9.47 Å². The number of nitrogens with zero attached hydrogens (tertiary/aromatic N) is 2. The van der Waals surface area contributed by atoms with Crippen molar-refractivity contribution in [3.05, 3.63) is 30.5 Å². The van der Waals surface area contributed by atoms with E-state index >= 15 is 0 Å². The summed E-state index contributed by atoms with van der Waals surface area (Å²) in [5, 5.41) is 28.5. The number of amides is 3. The number of aromatic nitrogens is 1. The molecular formula is C30H42N4O7. The van der Waals surface area contributed by atoms with Crippen molar-refractivity contribution in [1.29, 1.82) is 0 Å². The fourth-order valence-electron chi connectivity index (χ4n) is 5.68. The Labute approximate surface area is 240 Å². The summed E-state index contributed by atoms with van der Waals surface area (Å²) in [6.45, 7) is 7.35. The molecule has 2 fully saturated rings. The third-order valence-corrected chi connectivity index (χ3v) is 8.19. The van der Waals surface area contributed by atoms with Crippen molar-refractivity contribution in [2.24, 2.45) is 5.41 Å². The number of carbonyl (C=O) groups is 3. The van der Waals surface area contributed by atoms with E-state index in [-0.39, 0.29) is 19.0 Å². The van der Waals surface area contributed by atoms with Crippen LogP contribution in [0.5, 0.6) is 11.6 Å². The van der Waals surface area contributed by atoms with Gasteiger partial charge in [0, 0.05) is 24.0 Å². The van der Waals surface area contributed by atoms with E-state index in [9.17, 15) is 24.6 Å². The molecule has 1 aromatic heterocycles. The fourth-order valence-corrected chi connectivity index (χ4v) is 5.68. The molecule has 11 nitrogen and oxygen atoms in total. The van der Waals surface area contributed by atoms with E-state index < -0.39 is 47.1 Å². The SMILES string of the molecule is CCCC[C@H](NC(=O)[C@@]1(C(C)(C)C)C[C@@H](Oc2nccc3cc(OC)ccc23)CN1C(=O)O)C(O)C(=O)NC1CC1. The zero-order valence-corrected chi connectivity index (χ0v) is 24.5. The minimum Gasteiger partial charge on any atom is -0.497 e. The van der Waals surface area contributed by atoms with Gasteiger partial charge in [-0.2, -0.15) is 0 Å². The van der Waals surface area contributed by atoms with E-state index in [0.29, 0.717) is 24.5 Å². The van der Waals surface area contributed by atoms with Gasteiger partial charge in [-0.05, 0) is 54.3 Å². The van der Waals surface area contributed by atoms with Gasteiger partial charge in [0.05, 0.1) is 19.7 Å². The summed E-state index contributed by atoms with van der Waals surface area (Å²) < 4.78 is 11.6. The Hall–Kier alpha value is -3.60. The fraction of sp³-hybridized carbons (Fsp3) is 0.600. The molecule has 2 aromatic rings. The molecule has 41 heavy (non-hydrogen) atoms. The van der Waals surface area contributed by atoms with Crippen LogP contribution in [-0.2, 0) is 9.59 Å². The number of hydrogen-bond donors (Lipinski definition) is 4. The van der Waals surface area contributed by atoms with E-state index in [1.165, 1.54) is 0 Å². The number of aliphatic hydroxyl groups is 1. The molecule has 11 heteroatoms. The van der Waals surface area contributed by atoms with Crippen molar-refractivity contribution in [2.45, 2.75) is 96.1 Å². The molecule has 1 aliphatic carbocycles. The molecule has 1 unspecified atom stereocenters. The molecule has 0 spiro atoms. The molecule has 2 heterocycles. The van der Waals surface area contributed by atoms with Crippen LogP contribution in [0.25, 0.3) is 10.8 Å². The van der Waals surface area contributed by atoms with Gasteiger partial charge in [-0.1, -0.05) is 40.5 Å². The van der Waals surface area contributed by atoms with Crippen LogP contribution in [0.3, 0.4) is 0 Å². The second-order valence-corrected chi connectivity index (χ2v) is 12.1. The van der Waals surface area contributed by atoms with Crippen LogP contribution in [0.2, 0.25) is 0 Å². The monoisotopic (exact) mass is 570 g/mol. The van der Waals surface area contributed by atoms with Crippen molar-refractivity contribution in [3.63, 3.8) is 0 Å². The molecule has 4 rings (SSSR count). The molecule has 1 saturated heterocycles. The highest BCUT2D eigenvalue weighted by molar-refractivity contribution is 5.93. The molecular weight excluding hydrogens is 528 g/mol. The summed E-state index contributed by atoms with van der Waals surface area (Å²) in [5.41, 5.74) is -2.39. The van der Waals surface area contributed by atoms with E-state index in [1.807, 2.05) is 45.9 Å². The molecule has 224 valence electrons. The highest BCUT2D eigenvalue weighted by Gasteiger charge is 2.61. The maximum absolute atomic E-state index is 14.2. The Balaban J connectivity index is 1.63. The first-order valence-corrected chi connectivity index (χ1v) is 14.3. The number of nitrogens with one attached hydrogen (secondary N) is 2. The number of fused-ring (bicyclic) bond motifs is 1. The predicted molar refractivity (Wildman–Crippen MR) is 153 cm³/mol. The Bertz CT molecular complexity index is 1280. The first kappa shape index (κ1) is 30.4. The second-order valence-electron chi connectivity index (χ2n) is 12.1. The summed E-state index contributed by atoms with van der Waals surface area (Å²) in [5.74, 6) is -0.0752. The molecule has 1 aliphatic heterocycles. The lowest BCUT2D eigenvalue weighted by atomic mass is 9.70. The minimum absolute atomic E-state index is 0.0552. The summed E-state index contributed by atoms with van der Waals surface area (Å²) in [6, 6.07) is 6.50. The molecule has 4 N–H and O–H groups in total. The number of ether oxygens (including phenoxy) is 2. The molecule has 4 atom stereocenters. The quantitative estimate of drug-likeness (QED) is 0.321. The molecule has 2 aliphatic rings. The van der Waals surface area contributed by atoms with Gasteiger partial charge in [0.2, 0.25) is 11.8 Å². The molecule has 3 amide bonds. The number of likely N-dealkylation sites (tertiary alicyclic amines) is 1. The Morgan fingerprint density at radius 3 is 2.56 bits per heavy atom. The average Bonchev–Trinajstić information content (AvgIpc) is 3.65. The summed E-state index contributed by atoms with van der Waals surface area (Å²) in [6.07, 6.45) is 1.87. The van der Waals surface area contributed by atoms with Gasteiger partial charge in [-0.25, -0.2) is 9.78 Å². The summed E-state index contributed by atoms with van der Waals surface area (Å²) in [7, 11) is 1.58. The Morgan fingerprint density at radius 2 is 1.95 bits per heavy atom. The number of methoxy groups -OCH3 is 1. The van der Waals surface area contributed by atoms with Crippen LogP contribution in [0.15, 0.2) is 30.5 Å². The van der Waals surface area contributed by atoms with Crippen LogP contribution in [0, 0.1) is 5.41 Å². The standard InChI is InChI=1S/C30H42N4O7/c1-6-7-8-23(24(35)25(36)32-19-9-10-19)33-27(37)30(29(2,3)4)16-21(17-34(30)28(38)39)41-26-22-12-11-20(40-5)15-18(22)13-14-31-26/h11-15,19,21,23-24,35H,6-10,16-17H2,1-5H3,(H,32,36)(H,33,37)(H,38,39)/t21-,23+,24?,30-/m1/s1. The highest BCUT2D eigenvalue weighted by Crippen LogP contribution is 2.45. The molecule has 0 radical (unpaired) electrons. The maximum Gasteiger partial charge on any atom is 0.408 e. The smallest absolute Gasteiger partial charge is 0.408 e. The lowest BCUT2D eigenvalue weighted by molar-refractivity contribution is -0.141. The average molecular weight is 571 g/mol. The van der Waals surface area contributed by atoms with Crippen LogP contribution >= 0.6 is 0 Å². The number of hydrogen-bond acceptors (Lipinski definition) is 7. The number of rotatable bonds is 11. The Morgan fingerprint density at radius 1 is 1.22 bits per heavy atom. The van der Waals surface area contributed by atoms with Crippen LogP contribution in [0.1, 0.15) is 66.2 Å². The first-order valence-electron chi connectivity index (χ1n) is 14.3. The van der Waals surface area contributed by atoms with Crippen molar-refractivity contribution in [2.75, 3.05) is 13.7 Å². The van der Waals surface area contributed by atoms with Crippen molar-refractivity contribution in [1.82, 2.24) is 20.5 Å². The van der Waals surface area contributed by atoms with Gasteiger partial charge >= 0.3 is 6.09 Å². The number of carboxylic acid groups (broad SMARTS) is 1. The van der Waals surface area contributed by atoms with Crippen molar-refractivity contribution < 1.29 is 34.1 Å². The number of pyridine rings is 1. The minimum atomic E-state index is -1.53. The van der Waals surface area contributed by atoms with Gasteiger partial charge in [-0.15, -0.1) is 0 Å². The zero-order valence-electron chi connectivity index (χ0n) is 24.5. The van der Waals surface area contributed by atoms with Crippen LogP contribution in [-0.4, -0.2) is 81.5 Å². The van der Waals surface area contributed by atoms with Gasteiger partial charge in [-0.3, -0.25) is 14.5 Å². The lowest BCUT2D eigenvalue weighted by Crippen LogP contribution is -2.66.